The fourth-order valence-corrected chi connectivity index (χ4v) is 2.01. The van der Waals surface area contributed by atoms with Crippen LogP contribution in [0.25, 0.3) is 0 Å². The van der Waals surface area contributed by atoms with E-state index < -0.39 is 0 Å². The fourth-order valence-electron chi connectivity index (χ4n) is 2.01. The smallest absolute Gasteiger partial charge is 0.307 e. The number of esters is 1. The summed E-state index contributed by atoms with van der Waals surface area (Å²) in [5, 5.41) is 0. The van der Waals surface area contributed by atoms with Gasteiger partial charge in [-0.25, -0.2) is 0 Å². The largest absolute Gasteiger partial charge is 0.463 e. The van der Waals surface area contributed by atoms with Crippen molar-refractivity contribution in [3.8, 4) is 0 Å². The molecule has 0 aromatic carbocycles. The van der Waals surface area contributed by atoms with Crippen LogP contribution in [-0.2, 0) is 33.2 Å². The van der Waals surface area contributed by atoms with Crippen LogP contribution >= 0.6 is 0 Å². The molecular weight excluding hydrogens is 342 g/mol. The maximum absolute atomic E-state index is 11.7. The zero-order chi connectivity index (χ0) is 19.3. The molecule has 0 aliphatic rings. The molecule has 0 N–H and O–H groups in total. The van der Waals surface area contributed by atoms with E-state index in [1.807, 2.05) is 13.8 Å². The highest BCUT2D eigenvalue weighted by Gasteiger charge is 2.09. The van der Waals surface area contributed by atoms with Crippen LogP contribution in [0.1, 0.15) is 20.3 Å². The highest BCUT2D eigenvalue weighted by molar-refractivity contribution is 5.69. The number of rotatable bonds is 20. The van der Waals surface area contributed by atoms with E-state index in [2.05, 4.69) is 4.90 Å². The van der Waals surface area contributed by atoms with Crippen molar-refractivity contribution in [2.45, 2.75) is 20.3 Å². The second-order valence-electron chi connectivity index (χ2n) is 5.42. The lowest BCUT2D eigenvalue weighted by Crippen LogP contribution is -2.33. The van der Waals surface area contributed by atoms with Crippen molar-refractivity contribution in [1.82, 2.24) is 4.90 Å². The highest BCUT2D eigenvalue weighted by atomic mass is 16.6. The van der Waals surface area contributed by atoms with Gasteiger partial charge in [0, 0.05) is 40.0 Å². The molecule has 0 radical (unpaired) electrons. The molecule has 0 aliphatic carbocycles. The van der Waals surface area contributed by atoms with E-state index in [1.165, 1.54) is 0 Å². The Morgan fingerprint density at radius 2 is 1.23 bits per heavy atom. The van der Waals surface area contributed by atoms with Gasteiger partial charge in [0.1, 0.15) is 6.61 Å². The minimum absolute atomic E-state index is 0.221. The summed E-state index contributed by atoms with van der Waals surface area (Å²) in [6.45, 7) is 11.6. The zero-order valence-electron chi connectivity index (χ0n) is 16.7. The van der Waals surface area contributed by atoms with Crippen molar-refractivity contribution in [3.05, 3.63) is 0 Å². The number of nitrogens with zero attached hydrogens (tertiary/aromatic N) is 1. The van der Waals surface area contributed by atoms with Crippen molar-refractivity contribution < 1.29 is 33.2 Å². The van der Waals surface area contributed by atoms with E-state index in [9.17, 15) is 4.79 Å². The molecule has 0 spiro atoms. The molecule has 0 heterocycles. The van der Waals surface area contributed by atoms with Crippen molar-refractivity contribution >= 4 is 5.97 Å². The lowest BCUT2D eigenvalue weighted by atomic mass is 10.3. The average molecular weight is 379 g/mol. The average Bonchev–Trinajstić information content (AvgIpc) is 2.64. The molecule has 0 saturated heterocycles. The van der Waals surface area contributed by atoms with Gasteiger partial charge in [0.25, 0.3) is 0 Å². The van der Waals surface area contributed by atoms with E-state index in [0.29, 0.717) is 72.4 Å². The molecule has 8 nitrogen and oxygen atoms in total. The van der Waals surface area contributed by atoms with Gasteiger partial charge >= 0.3 is 5.97 Å². The molecule has 0 atom stereocenters. The minimum Gasteiger partial charge on any atom is -0.463 e. The van der Waals surface area contributed by atoms with E-state index in [-0.39, 0.29) is 12.6 Å². The Bertz CT molecular complexity index is 289. The fraction of sp³-hybridized carbons (Fsp3) is 0.944. The zero-order valence-corrected chi connectivity index (χ0v) is 16.7. The van der Waals surface area contributed by atoms with E-state index in [0.717, 1.165) is 13.1 Å². The Labute approximate surface area is 158 Å². The molecule has 0 fully saturated rings. The summed E-state index contributed by atoms with van der Waals surface area (Å²) in [7, 11) is 1.58. The van der Waals surface area contributed by atoms with Crippen LogP contribution < -0.4 is 0 Å². The van der Waals surface area contributed by atoms with Crippen LogP contribution in [0.5, 0.6) is 0 Å². The van der Waals surface area contributed by atoms with E-state index in [4.69, 9.17) is 28.4 Å². The lowest BCUT2D eigenvalue weighted by molar-refractivity contribution is -0.145. The summed E-state index contributed by atoms with van der Waals surface area (Å²) in [6.07, 6.45) is 0.335. The van der Waals surface area contributed by atoms with Gasteiger partial charge in [0.2, 0.25) is 0 Å². The third-order valence-electron chi connectivity index (χ3n) is 3.44. The first-order chi connectivity index (χ1) is 12.7. The molecule has 0 aliphatic heterocycles. The van der Waals surface area contributed by atoms with E-state index >= 15 is 0 Å². The maximum Gasteiger partial charge on any atom is 0.307 e. The molecule has 0 aromatic rings. The Kier molecular flexibility index (Phi) is 19.9. The van der Waals surface area contributed by atoms with Crippen LogP contribution in [0, 0.1) is 0 Å². The summed E-state index contributed by atoms with van der Waals surface area (Å²) in [5.41, 5.74) is 0. The van der Waals surface area contributed by atoms with Gasteiger partial charge in [-0.05, 0) is 13.8 Å². The predicted molar refractivity (Wildman–Crippen MR) is 98.5 cm³/mol. The third-order valence-corrected chi connectivity index (χ3v) is 3.44. The van der Waals surface area contributed by atoms with Gasteiger partial charge in [0.05, 0.1) is 52.7 Å². The summed E-state index contributed by atoms with van der Waals surface area (Å²) in [6, 6.07) is 0. The third kappa shape index (κ3) is 18.0. The quantitative estimate of drug-likeness (QED) is 0.229. The Morgan fingerprint density at radius 3 is 1.73 bits per heavy atom. The number of carbonyl (C=O) groups excluding carboxylic acids is 1. The first-order valence-electron chi connectivity index (χ1n) is 9.42. The highest BCUT2D eigenvalue weighted by Crippen LogP contribution is 1.96. The van der Waals surface area contributed by atoms with Crippen LogP contribution in [-0.4, -0.2) is 104 Å². The van der Waals surface area contributed by atoms with Crippen molar-refractivity contribution in [1.29, 1.82) is 0 Å². The van der Waals surface area contributed by atoms with Gasteiger partial charge in [-0.1, -0.05) is 0 Å². The van der Waals surface area contributed by atoms with Gasteiger partial charge in [-0.3, -0.25) is 9.69 Å². The molecule has 8 heteroatoms. The standard InChI is InChI=1S/C18H37NO7/c1-4-22-13-15-24-10-8-19(9-11-25-16-14-23-5-2)7-6-18(20)26-17-12-21-3/h4-17H2,1-3H3. The van der Waals surface area contributed by atoms with Crippen LogP contribution in [0.4, 0.5) is 0 Å². The number of carbonyl (C=O) groups is 1. The topological polar surface area (TPSA) is 75.7 Å². The summed E-state index contributed by atoms with van der Waals surface area (Å²) in [5.74, 6) is -0.221. The number of hydrogen-bond donors (Lipinski definition) is 0. The van der Waals surface area contributed by atoms with Gasteiger partial charge in [-0.15, -0.1) is 0 Å². The Morgan fingerprint density at radius 1 is 0.692 bits per heavy atom. The van der Waals surface area contributed by atoms with Crippen molar-refractivity contribution in [2.75, 3.05) is 92.8 Å². The molecule has 26 heavy (non-hydrogen) atoms. The van der Waals surface area contributed by atoms with Gasteiger partial charge < -0.3 is 28.4 Å². The number of hydrogen-bond acceptors (Lipinski definition) is 8. The Hall–Kier alpha value is -0.770. The summed E-state index contributed by atoms with van der Waals surface area (Å²) in [4.78, 5) is 13.9. The van der Waals surface area contributed by atoms with Crippen molar-refractivity contribution in [3.63, 3.8) is 0 Å². The summed E-state index contributed by atoms with van der Waals surface area (Å²) >= 11 is 0. The molecule has 156 valence electrons. The monoisotopic (exact) mass is 379 g/mol. The second kappa shape index (κ2) is 20.5. The minimum atomic E-state index is -0.221. The molecule has 0 unspecified atom stereocenters. The van der Waals surface area contributed by atoms with Gasteiger partial charge in [0.15, 0.2) is 0 Å². The first kappa shape index (κ1) is 25.2. The predicted octanol–water partition coefficient (Wildman–Crippen LogP) is 0.974. The van der Waals surface area contributed by atoms with Crippen LogP contribution in [0.3, 0.4) is 0 Å². The van der Waals surface area contributed by atoms with E-state index in [1.54, 1.807) is 7.11 Å². The molecule has 0 rings (SSSR count). The van der Waals surface area contributed by atoms with Crippen LogP contribution in [0.15, 0.2) is 0 Å². The molecule has 0 amide bonds. The summed E-state index contributed by atoms with van der Waals surface area (Å²) < 4.78 is 31.5. The van der Waals surface area contributed by atoms with Crippen molar-refractivity contribution in [2.24, 2.45) is 0 Å². The number of ether oxygens (including phenoxy) is 6. The first-order valence-corrected chi connectivity index (χ1v) is 9.42. The maximum atomic E-state index is 11.7. The normalized spacial score (nSPS) is 11.2. The van der Waals surface area contributed by atoms with Gasteiger partial charge in [-0.2, -0.15) is 0 Å². The lowest BCUT2D eigenvalue weighted by Gasteiger charge is -2.22. The molecule has 0 bridgehead atoms. The van der Waals surface area contributed by atoms with Crippen LogP contribution in [0.2, 0.25) is 0 Å². The molecule has 0 aromatic heterocycles. The Balaban J connectivity index is 3.96. The molecule has 0 saturated carbocycles. The second-order valence-corrected chi connectivity index (χ2v) is 5.42. The SMILES string of the molecule is CCOCCOCCN(CCOCCOCC)CCC(=O)OCCOC. The molecular formula is C18H37NO7. The number of methoxy groups -OCH3 is 1.